The third kappa shape index (κ3) is 2.07. The molecule has 1 aliphatic rings. The maximum Gasteiger partial charge on any atom is 0.284 e. The molecule has 90 valence electrons. The van der Waals surface area contributed by atoms with E-state index in [2.05, 4.69) is 48.3 Å². The van der Waals surface area contributed by atoms with Crippen molar-refractivity contribution in [2.45, 2.75) is 52.9 Å². The Morgan fingerprint density at radius 2 is 2.12 bits per heavy atom. The van der Waals surface area contributed by atoms with Crippen LogP contribution in [-0.4, -0.2) is 17.2 Å². The molecule has 1 aliphatic heterocycles. The standard InChI is InChI=1S/C12H22N3O/c1-9(2)13-11-7-15(10(3)4)12-8-16-6-5-14(11)12/h7,9-10,13H,5-6,8H2,1-4H3/q+1. The maximum atomic E-state index is 5.54. The number of ether oxygens (including phenoxy) is 1. The second-order valence-corrected chi connectivity index (χ2v) is 4.93. The van der Waals surface area contributed by atoms with E-state index in [0.717, 1.165) is 19.8 Å². The number of nitrogens with zero attached hydrogens (tertiary/aromatic N) is 2. The van der Waals surface area contributed by atoms with Crippen LogP contribution in [0.25, 0.3) is 0 Å². The first-order valence-electron chi connectivity index (χ1n) is 6.07. The lowest BCUT2D eigenvalue weighted by Gasteiger charge is -2.14. The predicted molar refractivity (Wildman–Crippen MR) is 63.4 cm³/mol. The molecule has 0 radical (unpaired) electrons. The van der Waals surface area contributed by atoms with Gasteiger partial charge in [-0.2, -0.15) is 0 Å². The number of aromatic nitrogens is 2. The fourth-order valence-electron chi connectivity index (χ4n) is 2.13. The Bertz CT molecular complexity index is 369. The van der Waals surface area contributed by atoms with Crippen molar-refractivity contribution in [2.24, 2.45) is 0 Å². The summed E-state index contributed by atoms with van der Waals surface area (Å²) in [7, 11) is 0. The highest BCUT2D eigenvalue weighted by molar-refractivity contribution is 5.33. The molecule has 0 aliphatic carbocycles. The monoisotopic (exact) mass is 224 g/mol. The van der Waals surface area contributed by atoms with Crippen LogP contribution in [0.3, 0.4) is 0 Å². The van der Waals surface area contributed by atoms with Crippen LogP contribution in [0.1, 0.15) is 39.6 Å². The van der Waals surface area contributed by atoms with Crippen molar-refractivity contribution >= 4 is 5.82 Å². The molecule has 0 saturated heterocycles. The Kier molecular flexibility index (Phi) is 3.19. The molecule has 0 amide bonds. The van der Waals surface area contributed by atoms with E-state index in [1.165, 1.54) is 11.6 Å². The molecule has 0 bridgehead atoms. The third-order valence-corrected chi connectivity index (χ3v) is 2.85. The molecular formula is C12H22N3O+. The quantitative estimate of drug-likeness (QED) is 0.792. The SMILES string of the molecule is CC(C)Nc1c[n+](C(C)C)c2n1CCOC2. The van der Waals surface area contributed by atoms with Gasteiger partial charge >= 0.3 is 0 Å². The van der Waals surface area contributed by atoms with Gasteiger partial charge in [0.1, 0.15) is 13.2 Å². The van der Waals surface area contributed by atoms with Crippen molar-refractivity contribution in [3.05, 3.63) is 12.0 Å². The van der Waals surface area contributed by atoms with Gasteiger partial charge in [-0.1, -0.05) is 0 Å². The minimum atomic E-state index is 0.461. The molecule has 4 nitrogen and oxygen atoms in total. The van der Waals surface area contributed by atoms with E-state index >= 15 is 0 Å². The fourth-order valence-corrected chi connectivity index (χ4v) is 2.13. The molecule has 1 aromatic rings. The second kappa shape index (κ2) is 4.45. The van der Waals surface area contributed by atoms with Gasteiger partial charge in [0.25, 0.3) is 5.82 Å². The summed E-state index contributed by atoms with van der Waals surface area (Å²) in [5.41, 5.74) is 0. The van der Waals surface area contributed by atoms with Crippen molar-refractivity contribution in [1.29, 1.82) is 0 Å². The van der Waals surface area contributed by atoms with Crippen molar-refractivity contribution in [1.82, 2.24) is 4.57 Å². The van der Waals surface area contributed by atoms with Crippen molar-refractivity contribution in [2.75, 3.05) is 11.9 Å². The van der Waals surface area contributed by atoms with E-state index in [-0.39, 0.29) is 0 Å². The third-order valence-electron chi connectivity index (χ3n) is 2.85. The largest absolute Gasteiger partial charge is 0.365 e. The Labute approximate surface area is 97.2 Å². The fraction of sp³-hybridized carbons (Fsp3) is 0.750. The molecule has 0 atom stereocenters. The summed E-state index contributed by atoms with van der Waals surface area (Å²) in [6.45, 7) is 11.2. The van der Waals surface area contributed by atoms with Gasteiger partial charge < -0.3 is 10.1 Å². The molecule has 2 rings (SSSR count). The minimum absolute atomic E-state index is 0.461. The zero-order chi connectivity index (χ0) is 11.7. The molecule has 2 heterocycles. The normalized spacial score (nSPS) is 15.6. The molecule has 1 aromatic heterocycles. The van der Waals surface area contributed by atoms with E-state index < -0.39 is 0 Å². The summed E-state index contributed by atoms with van der Waals surface area (Å²) in [5.74, 6) is 2.48. The second-order valence-electron chi connectivity index (χ2n) is 4.93. The predicted octanol–water partition coefficient (Wildman–Crippen LogP) is 1.71. The number of hydrogen-bond donors (Lipinski definition) is 1. The number of rotatable bonds is 3. The molecule has 0 spiro atoms. The van der Waals surface area contributed by atoms with Crippen LogP contribution in [0, 0.1) is 0 Å². The van der Waals surface area contributed by atoms with Gasteiger partial charge in [-0.3, -0.25) is 0 Å². The van der Waals surface area contributed by atoms with Gasteiger partial charge in [0.05, 0.1) is 12.6 Å². The van der Waals surface area contributed by atoms with Crippen LogP contribution in [0.5, 0.6) is 0 Å². The van der Waals surface area contributed by atoms with Crippen molar-refractivity contribution in [3.8, 4) is 0 Å². The van der Waals surface area contributed by atoms with E-state index in [4.69, 9.17) is 4.74 Å². The summed E-state index contributed by atoms with van der Waals surface area (Å²) in [6, 6.07) is 0.938. The smallest absolute Gasteiger partial charge is 0.284 e. The van der Waals surface area contributed by atoms with Crippen LogP contribution in [-0.2, 0) is 17.9 Å². The van der Waals surface area contributed by atoms with Crippen LogP contribution in [0.15, 0.2) is 6.20 Å². The Morgan fingerprint density at radius 1 is 1.38 bits per heavy atom. The van der Waals surface area contributed by atoms with Gasteiger partial charge in [-0.05, 0) is 27.7 Å². The number of fused-ring (bicyclic) bond motifs is 1. The average Bonchev–Trinajstić information content (AvgIpc) is 2.57. The Balaban J connectivity index is 2.38. The van der Waals surface area contributed by atoms with E-state index in [9.17, 15) is 0 Å². The molecule has 0 fully saturated rings. The molecule has 0 saturated carbocycles. The zero-order valence-electron chi connectivity index (χ0n) is 10.7. The van der Waals surface area contributed by atoms with Crippen molar-refractivity contribution in [3.63, 3.8) is 0 Å². The lowest BCUT2D eigenvalue weighted by atomic mass is 10.4. The summed E-state index contributed by atoms with van der Waals surface area (Å²) in [5, 5.41) is 3.49. The molecule has 1 N–H and O–H groups in total. The molecule has 0 unspecified atom stereocenters. The summed E-state index contributed by atoms with van der Waals surface area (Å²) in [4.78, 5) is 0. The Morgan fingerprint density at radius 3 is 2.75 bits per heavy atom. The van der Waals surface area contributed by atoms with Gasteiger partial charge in [0.2, 0.25) is 5.82 Å². The first kappa shape index (κ1) is 11.5. The summed E-state index contributed by atoms with van der Waals surface area (Å²) < 4.78 is 10.2. The number of hydrogen-bond acceptors (Lipinski definition) is 2. The number of anilines is 1. The lowest BCUT2D eigenvalue weighted by Crippen LogP contribution is -2.41. The van der Waals surface area contributed by atoms with Crippen LogP contribution in [0.4, 0.5) is 5.82 Å². The first-order chi connectivity index (χ1) is 7.59. The maximum absolute atomic E-state index is 5.54. The zero-order valence-corrected chi connectivity index (χ0v) is 10.7. The van der Waals surface area contributed by atoms with Gasteiger partial charge in [0, 0.05) is 6.04 Å². The van der Waals surface area contributed by atoms with E-state index in [1.54, 1.807) is 0 Å². The van der Waals surface area contributed by atoms with Crippen molar-refractivity contribution < 1.29 is 9.30 Å². The lowest BCUT2D eigenvalue weighted by molar-refractivity contribution is -0.725. The minimum Gasteiger partial charge on any atom is -0.365 e. The van der Waals surface area contributed by atoms with Gasteiger partial charge in [-0.25, -0.2) is 9.13 Å². The summed E-state index contributed by atoms with van der Waals surface area (Å²) >= 11 is 0. The number of nitrogens with one attached hydrogen (secondary N) is 1. The van der Waals surface area contributed by atoms with Gasteiger partial charge in [0.15, 0.2) is 6.20 Å². The molecule has 0 aromatic carbocycles. The van der Waals surface area contributed by atoms with Gasteiger partial charge in [-0.15, -0.1) is 0 Å². The first-order valence-corrected chi connectivity index (χ1v) is 6.07. The summed E-state index contributed by atoms with van der Waals surface area (Å²) in [6.07, 6.45) is 2.20. The van der Waals surface area contributed by atoms with Crippen LogP contribution in [0.2, 0.25) is 0 Å². The topological polar surface area (TPSA) is 30.1 Å². The van der Waals surface area contributed by atoms with Crippen LogP contribution < -0.4 is 9.88 Å². The van der Waals surface area contributed by atoms with E-state index in [1.807, 2.05) is 0 Å². The molecule has 16 heavy (non-hydrogen) atoms. The average molecular weight is 224 g/mol. The highest BCUT2D eigenvalue weighted by atomic mass is 16.5. The highest BCUT2D eigenvalue weighted by Crippen LogP contribution is 2.17. The van der Waals surface area contributed by atoms with Crippen LogP contribution >= 0.6 is 0 Å². The van der Waals surface area contributed by atoms with E-state index in [0.29, 0.717) is 12.1 Å². The highest BCUT2D eigenvalue weighted by Gasteiger charge is 2.27. The Hall–Kier alpha value is -1.03. The molecular weight excluding hydrogens is 202 g/mol. The number of imidazole rings is 1. The molecule has 4 heteroatoms.